The first-order valence-electron chi connectivity index (χ1n) is 7.45. The highest BCUT2D eigenvalue weighted by Crippen LogP contribution is 2.24. The molecule has 3 rings (SSSR count). The number of halogens is 1. The summed E-state index contributed by atoms with van der Waals surface area (Å²) in [5, 5.41) is 7.75. The minimum absolute atomic E-state index is 0.250. The maximum Gasteiger partial charge on any atom is 0.265 e. The van der Waals surface area contributed by atoms with Gasteiger partial charge in [-0.25, -0.2) is 0 Å². The predicted molar refractivity (Wildman–Crippen MR) is 99.1 cm³/mol. The molecule has 0 spiro atoms. The lowest BCUT2D eigenvalue weighted by Crippen LogP contribution is -2.23. The van der Waals surface area contributed by atoms with Crippen LogP contribution >= 0.6 is 22.9 Å². The molecule has 0 bridgehead atoms. The van der Waals surface area contributed by atoms with Crippen LogP contribution in [0.2, 0.25) is 5.02 Å². The first-order valence-corrected chi connectivity index (χ1v) is 8.71. The number of pyridine rings is 1. The number of nitrogens with one attached hydrogen (secondary N) is 2. The second-order valence-electron chi connectivity index (χ2n) is 5.16. The zero-order valence-electron chi connectivity index (χ0n) is 13.0. The third-order valence-corrected chi connectivity index (χ3v) is 4.62. The molecule has 25 heavy (non-hydrogen) atoms. The van der Waals surface area contributed by atoms with Crippen molar-refractivity contribution in [2.24, 2.45) is 0 Å². The Morgan fingerprint density at radius 1 is 1.08 bits per heavy atom. The van der Waals surface area contributed by atoms with Crippen LogP contribution in [0.3, 0.4) is 0 Å². The van der Waals surface area contributed by atoms with Gasteiger partial charge in [0.15, 0.2) is 0 Å². The van der Waals surface area contributed by atoms with Crippen molar-refractivity contribution in [1.82, 2.24) is 10.3 Å². The molecule has 1 aromatic carbocycles. The molecule has 0 saturated carbocycles. The molecule has 0 aliphatic carbocycles. The molecule has 0 fully saturated rings. The number of hydrogen-bond donors (Lipinski definition) is 2. The lowest BCUT2D eigenvalue weighted by molar-refractivity contribution is 0.0949. The van der Waals surface area contributed by atoms with Crippen molar-refractivity contribution in [3.63, 3.8) is 0 Å². The molecule has 2 heterocycles. The van der Waals surface area contributed by atoms with E-state index in [0.29, 0.717) is 27.7 Å². The Balaban J connectivity index is 1.70. The minimum atomic E-state index is -0.258. The highest BCUT2D eigenvalue weighted by molar-refractivity contribution is 7.12. The number of carbonyl (C=O) groups is 2. The zero-order valence-corrected chi connectivity index (χ0v) is 14.6. The number of carbonyl (C=O) groups excluding carboxylic acids is 2. The molecule has 0 aliphatic rings. The Kier molecular flexibility index (Phi) is 5.42. The number of anilines is 1. The number of benzene rings is 1. The van der Waals surface area contributed by atoms with E-state index >= 15 is 0 Å². The number of amides is 2. The first-order chi connectivity index (χ1) is 12.1. The Hall–Kier alpha value is -2.70. The molecule has 0 saturated heterocycles. The largest absolute Gasteiger partial charge is 0.348 e. The number of hydrogen-bond acceptors (Lipinski definition) is 4. The molecule has 126 valence electrons. The molecule has 3 aromatic rings. The molecule has 2 N–H and O–H groups in total. The summed E-state index contributed by atoms with van der Waals surface area (Å²) < 4.78 is 0. The number of aromatic nitrogens is 1. The van der Waals surface area contributed by atoms with Crippen molar-refractivity contribution >= 4 is 40.4 Å². The highest BCUT2D eigenvalue weighted by Gasteiger charge is 2.12. The summed E-state index contributed by atoms with van der Waals surface area (Å²) in [6, 6.07) is 11.9. The van der Waals surface area contributed by atoms with Gasteiger partial charge in [-0.15, -0.1) is 11.3 Å². The Morgan fingerprint density at radius 2 is 1.88 bits per heavy atom. The quantitative estimate of drug-likeness (QED) is 0.712. The van der Waals surface area contributed by atoms with Crippen molar-refractivity contribution in [2.45, 2.75) is 6.54 Å². The van der Waals surface area contributed by atoms with E-state index in [0.717, 1.165) is 5.56 Å². The summed E-state index contributed by atoms with van der Waals surface area (Å²) in [5.41, 5.74) is 1.76. The summed E-state index contributed by atoms with van der Waals surface area (Å²) in [6.07, 6.45) is 3.34. The zero-order chi connectivity index (χ0) is 17.6. The van der Waals surface area contributed by atoms with Gasteiger partial charge in [0.05, 0.1) is 15.6 Å². The molecular formula is C18H14ClN3O2S. The molecule has 2 aromatic heterocycles. The van der Waals surface area contributed by atoms with E-state index in [2.05, 4.69) is 15.6 Å². The molecule has 2 amide bonds. The maximum absolute atomic E-state index is 12.3. The van der Waals surface area contributed by atoms with Crippen molar-refractivity contribution in [3.8, 4) is 0 Å². The Bertz CT molecular complexity index is 883. The lowest BCUT2D eigenvalue weighted by atomic mass is 10.1. The average Bonchev–Trinajstić information content (AvgIpc) is 3.17. The van der Waals surface area contributed by atoms with E-state index in [-0.39, 0.29) is 11.8 Å². The molecule has 7 heteroatoms. The third kappa shape index (κ3) is 4.43. The molecular weight excluding hydrogens is 358 g/mol. The van der Waals surface area contributed by atoms with Crippen LogP contribution in [-0.4, -0.2) is 16.8 Å². The van der Waals surface area contributed by atoms with Gasteiger partial charge in [0.25, 0.3) is 11.8 Å². The predicted octanol–water partition coefficient (Wildman–Crippen LogP) is 3.98. The van der Waals surface area contributed by atoms with Crippen molar-refractivity contribution in [2.75, 3.05) is 5.32 Å². The smallest absolute Gasteiger partial charge is 0.265 e. The summed E-state index contributed by atoms with van der Waals surface area (Å²) in [5.74, 6) is -0.508. The van der Waals surface area contributed by atoms with E-state index in [4.69, 9.17) is 11.6 Å². The van der Waals surface area contributed by atoms with E-state index < -0.39 is 0 Å². The topological polar surface area (TPSA) is 71.1 Å². The van der Waals surface area contributed by atoms with Gasteiger partial charge in [0, 0.05) is 24.5 Å². The standard InChI is InChI=1S/C18H14ClN3O2S/c19-14-4-3-13(17(23)21-11-12-5-7-20-8-6-12)10-15(14)22-18(24)16-2-1-9-25-16/h1-10H,11H2,(H,21,23)(H,22,24). The van der Waals surface area contributed by atoms with Crippen LogP contribution in [-0.2, 0) is 6.54 Å². The monoisotopic (exact) mass is 371 g/mol. The van der Waals surface area contributed by atoms with Gasteiger partial charge in [-0.1, -0.05) is 17.7 Å². The van der Waals surface area contributed by atoms with Crippen LogP contribution in [0.4, 0.5) is 5.69 Å². The second kappa shape index (κ2) is 7.92. The van der Waals surface area contributed by atoms with Crippen molar-refractivity contribution < 1.29 is 9.59 Å². The molecule has 0 aliphatic heterocycles. The van der Waals surface area contributed by atoms with Crippen molar-refractivity contribution in [1.29, 1.82) is 0 Å². The molecule has 0 radical (unpaired) electrons. The van der Waals surface area contributed by atoms with Crippen LogP contribution in [0.15, 0.2) is 60.2 Å². The van der Waals surface area contributed by atoms with E-state index in [1.807, 2.05) is 17.5 Å². The lowest BCUT2D eigenvalue weighted by Gasteiger charge is -2.10. The molecule has 5 nitrogen and oxygen atoms in total. The van der Waals surface area contributed by atoms with Gasteiger partial charge in [-0.05, 0) is 47.3 Å². The number of rotatable bonds is 5. The fourth-order valence-corrected chi connectivity index (χ4v) is 2.92. The fourth-order valence-electron chi connectivity index (χ4n) is 2.14. The summed E-state index contributed by atoms with van der Waals surface area (Å²) >= 11 is 7.46. The van der Waals surface area contributed by atoms with E-state index in [1.165, 1.54) is 11.3 Å². The van der Waals surface area contributed by atoms with Crippen LogP contribution < -0.4 is 10.6 Å². The van der Waals surface area contributed by atoms with Crippen LogP contribution in [0.1, 0.15) is 25.6 Å². The van der Waals surface area contributed by atoms with Crippen LogP contribution in [0.25, 0.3) is 0 Å². The first kappa shape index (κ1) is 17.1. The van der Waals surface area contributed by atoms with Gasteiger partial charge in [-0.2, -0.15) is 0 Å². The minimum Gasteiger partial charge on any atom is -0.348 e. The Morgan fingerprint density at radius 3 is 2.60 bits per heavy atom. The summed E-state index contributed by atoms with van der Waals surface area (Å²) in [4.78, 5) is 29.0. The highest BCUT2D eigenvalue weighted by atomic mass is 35.5. The average molecular weight is 372 g/mol. The number of nitrogens with zero attached hydrogens (tertiary/aromatic N) is 1. The van der Waals surface area contributed by atoms with E-state index in [1.54, 1.807) is 42.7 Å². The van der Waals surface area contributed by atoms with Gasteiger partial charge >= 0.3 is 0 Å². The van der Waals surface area contributed by atoms with Crippen molar-refractivity contribution in [3.05, 3.63) is 81.3 Å². The van der Waals surface area contributed by atoms with Gasteiger partial charge in [0.1, 0.15) is 0 Å². The second-order valence-corrected chi connectivity index (χ2v) is 6.52. The normalized spacial score (nSPS) is 10.3. The van der Waals surface area contributed by atoms with E-state index in [9.17, 15) is 9.59 Å². The van der Waals surface area contributed by atoms with Gasteiger partial charge in [-0.3, -0.25) is 14.6 Å². The van der Waals surface area contributed by atoms with Gasteiger partial charge < -0.3 is 10.6 Å². The molecule has 0 atom stereocenters. The van der Waals surface area contributed by atoms with Gasteiger partial charge in [0.2, 0.25) is 0 Å². The van der Waals surface area contributed by atoms with Crippen LogP contribution in [0.5, 0.6) is 0 Å². The molecule has 0 unspecified atom stereocenters. The Labute approximate surface area is 153 Å². The summed E-state index contributed by atoms with van der Waals surface area (Å²) in [7, 11) is 0. The maximum atomic E-state index is 12.3. The fraction of sp³-hybridized carbons (Fsp3) is 0.0556. The summed E-state index contributed by atoms with van der Waals surface area (Å²) in [6.45, 7) is 0.390. The third-order valence-electron chi connectivity index (χ3n) is 3.42. The SMILES string of the molecule is O=C(NCc1ccncc1)c1ccc(Cl)c(NC(=O)c2cccs2)c1. The van der Waals surface area contributed by atoms with Crippen LogP contribution in [0, 0.1) is 0 Å². The number of thiophene rings is 1.